The third-order valence-corrected chi connectivity index (χ3v) is 3.95. The molecule has 0 amide bonds. The molecular weight excluding hydrogens is 200 g/mol. The van der Waals surface area contributed by atoms with E-state index in [4.69, 9.17) is 4.74 Å². The van der Waals surface area contributed by atoms with Gasteiger partial charge >= 0.3 is 0 Å². The molecule has 1 heterocycles. The topological polar surface area (TPSA) is 24.5 Å². The smallest absolute Gasteiger partial charge is 0.0678 e. The molecule has 3 heteroatoms. The van der Waals surface area contributed by atoms with Crippen LogP contribution in [0.25, 0.3) is 0 Å². The number of ether oxygens (including phenoxy) is 1. The molecule has 4 atom stereocenters. The molecule has 2 fully saturated rings. The summed E-state index contributed by atoms with van der Waals surface area (Å²) in [6.07, 6.45) is 3.60. The predicted molar refractivity (Wildman–Crippen MR) is 66.6 cm³/mol. The van der Waals surface area contributed by atoms with Crippen molar-refractivity contribution in [3.63, 3.8) is 0 Å². The molecule has 2 aliphatic rings. The zero-order chi connectivity index (χ0) is 11.5. The zero-order valence-corrected chi connectivity index (χ0v) is 10.9. The average Bonchev–Trinajstić information content (AvgIpc) is 2.14. The van der Waals surface area contributed by atoms with Gasteiger partial charge in [0, 0.05) is 19.1 Å². The van der Waals surface area contributed by atoms with Gasteiger partial charge in [0.25, 0.3) is 0 Å². The second-order valence-corrected chi connectivity index (χ2v) is 5.42. The van der Waals surface area contributed by atoms with Crippen LogP contribution in [0.1, 0.15) is 33.6 Å². The highest BCUT2D eigenvalue weighted by Crippen LogP contribution is 2.33. The maximum absolute atomic E-state index is 5.79. The Morgan fingerprint density at radius 2 is 1.88 bits per heavy atom. The van der Waals surface area contributed by atoms with Gasteiger partial charge in [0.1, 0.15) is 0 Å². The standard InChI is InChI=1S/C13H26N2O/c1-4-14-7-12-5-6-13(12)15-8-10(2)16-11(3)9-15/h10-14H,4-9H2,1-3H3. The maximum Gasteiger partial charge on any atom is 0.0678 e. The van der Waals surface area contributed by atoms with Crippen LogP contribution in [0.5, 0.6) is 0 Å². The van der Waals surface area contributed by atoms with E-state index < -0.39 is 0 Å². The largest absolute Gasteiger partial charge is 0.373 e. The van der Waals surface area contributed by atoms with E-state index in [1.54, 1.807) is 0 Å². The molecule has 1 aliphatic heterocycles. The Kier molecular flexibility index (Phi) is 4.22. The van der Waals surface area contributed by atoms with E-state index in [2.05, 4.69) is 31.0 Å². The molecule has 0 spiro atoms. The van der Waals surface area contributed by atoms with Crippen LogP contribution in [0.3, 0.4) is 0 Å². The number of nitrogens with one attached hydrogen (secondary N) is 1. The SMILES string of the molecule is CCNCC1CCC1N1CC(C)OC(C)C1. The summed E-state index contributed by atoms with van der Waals surface area (Å²) >= 11 is 0. The van der Waals surface area contributed by atoms with E-state index in [1.807, 2.05) is 0 Å². The van der Waals surface area contributed by atoms with Crippen LogP contribution in [-0.4, -0.2) is 49.3 Å². The molecular formula is C13H26N2O. The number of nitrogens with zero attached hydrogens (tertiary/aromatic N) is 1. The molecule has 1 saturated carbocycles. The molecule has 0 aromatic heterocycles. The lowest BCUT2D eigenvalue weighted by Crippen LogP contribution is -2.57. The van der Waals surface area contributed by atoms with Crippen molar-refractivity contribution in [1.29, 1.82) is 0 Å². The summed E-state index contributed by atoms with van der Waals surface area (Å²) in [6, 6.07) is 0.813. The lowest BCUT2D eigenvalue weighted by molar-refractivity contribution is -0.100. The van der Waals surface area contributed by atoms with Crippen molar-refractivity contribution >= 4 is 0 Å². The number of hydrogen-bond donors (Lipinski definition) is 1. The van der Waals surface area contributed by atoms with Crippen LogP contribution in [0.15, 0.2) is 0 Å². The van der Waals surface area contributed by atoms with Gasteiger partial charge in [0.05, 0.1) is 12.2 Å². The van der Waals surface area contributed by atoms with Crippen LogP contribution in [-0.2, 0) is 4.74 Å². The minimum absolute atomic E-state index is 0.407. The maximum atomic E-state index is 5.79. The van der Waals surface area contributed by atoms with Crippen LogP contribution in [0.4, 0.5) is 0 Å². The third-order valence-electron chi connectivity index (χ3n) is 3.95. The molecule has 0 aromatic rings. The van der Waals surface area contributed by atoms with Crippen LogP contribution in [0, 0.1) is 5.92 Å². The lowest BCUT2D eigenvalue weighted by atomic mass is 9.78. The molecule has 2 rings (SSSR count). The summed E-state index contributed by atoms with van der Waals surface area (Å²) < 4.78 is 5.79. The van der Waals surface area contributed by atoms with Crippen LogP contribution in [0.2, 0.25) is 0 Å². The molecule has 1 saturated heterocycles. The second kappa shape index (κ2) is 5.48. The Labute approximate surface area is 99.5 Å². The minimum atomic E-state index is 0.407. The Morgan fingerprint density at radius 3 is 2.38 bits per heavy atom. The van der Waals surface area contributed by atoms with Gasteiger partial charge in [-0.05, 0) is 45.7 Å². The van der Waals surface area contributed by atoms with Gasteiger partial charge in [-0.2, -0.15) is 0 Å². The Morgan fingerprint density at radius 1 is 1.19 bits per heavy atom. The zero-order valence-electron chi connectivity index (χ0n) is 10.9. The van der Waals surface area contributed by atoms with Gasteiger partial charge in [0.2, 0.25) is 0 Å². The molecule has 0 bridgehead atoms. The van der Waals surface area contributed by atoms with Crippen LogP contribution < -0.4 is 5.32 Å². The first kappa shape index (κ1) is 12.3. The Hall–Kier alpha value is -0.120. The molecule has 1 aliphatic carbocycles. The van der Waals surface area contributed by atoms with E-state index in [1.165, 1.54) is 19.4 Å². The monoisotopic (exact) mass is 226 g/mol. The highest BCUT2D eigenvalue weighted by molar-refractivity contribution is 4.92. The average molecular weight is 226 g/mol. The van der Waals surface area contributed by atoms with Crippen LogP contribution >= 0.6 is 0 Å². The summed E-state index contributed by atoms with van der Waals surface area (Å²) in [5.74, 6) is 0.873. The number of rotatable bonds is 4. The van der Waals surface area contributed by atoms with E-state index in [0.717, 1.165) is 31.6 Å². The van der Waals surface area contributed by atoms with Gasteiger partial charge < -0.3 is 10.1 Å². The van der Waals surface area contributed by atoms with Crippen molar-refractivity contribution in [2.45, 2.75) is 51.9 Å². The van der Waals surface area contributed by atoms with Crippen molar-refractivity contribution in [3.8, 4) is 0 Å². The Balaban J connectivity index is 1.82. The van der Waals surface area contributed by atoms with E-state index >= 15 is 0 Å². The fourth-order valence-electron chi connectivity index (χ4n) is 3.09. The third kappa shape index (κ3) is 2.76. The number of morpholine rings is 1. The fraction of sp³-hybridized carbons (Fsp3) is 1.00. The quantitative estimate of drug-likeness (QED) is 0.786. The number of hydrogen-bond acceptors (Lipinski definition) is 3. The fourth-order valence-corrected chi connectivity index (χ4v) is 3.09. The summed E-state index contributed by atoms with van der Waals surface area (Å²) in [6.45, 7) is 11.1. The highest BCUT2D eigenvalue weighted by atomic mass is 16.5. The first-order valence-electron chi connectivity index (χ1n) is 6.81. The summed E-state index contributed by atoms with van der Waals surface area (Å²) in [5, 5.41) is 3.48. The van der Waals surface area contributed by atoms with Gasteiger partial charge in [-0.3, -0.25) is 4.90 Å². The molecule has 16 heavy (non-hydrogen) atoms. The summed E-state index contributed by atoms with van der Waals surface area (Å²) in [4.78, 5) is 2.66. The second-order valence-electron chi connectivity index (χ2n) is 5.42. The van der Waals surface area contributed by atoms with E-state index in [9.17, 15) is 0 Å². The molecule has 4 unspecified atom stereocenters. The van der Waals surface area contributed by atoms with E-state index in [-0.39, 0.29) is 0 Å². The summed E-state index contributed by atoms with van der Waals surface area (Å²) in [5.41, 5.74) is 0. The van der Waals surface area contributed by atoms with Gasteiger partial charge in [0.15, 0.2) is 0 Å². The van der Waals surface area contributed by atoms with Crippen molar-refractivity contribution in [1.82, 2.24) is 10.2 Å². The molecule has 0 aromatic carbocycles. The first-order chi connectivity index (χ1) is 7.70. The first-order valence-corrected chi connectivity index (χ1v) is 6.81. The lowest BCUT2D eigenvalue weighted by Gasteiger charge is -2.48. The van der Waals surface area contributed by atoms with Gasteiger partial charge in [-0.25, -0.2) is 0 Å². The molecule has 1 N–H and O–H groups in total. The molecule has 0 radical (unpaired) electrons. The van der Waals surface area contributed by atoms with E-state index in [0.29, 0.717) is 12.2 Å². The van der Waals surface area contributed by atoms with Gasteiger partial charge in [-0.1, -0.05) is 6.92 Å². The van der Waals surface area contributed by atoms with Crippen molar-refractivity contribution in [3.05, 3.63) is 0 Å². The van der Waals surface area contributed by atoms with Crippen molar-refractivity contribution in [2.24, 2.45) is 5.92 Å². The van der Waals surface area contributed by atoms with Crippen molar-refractivity contribution in [2.75, 3.05) is 26.2 Å². The molecule has 94 valence electrons. The highest BCUT2D eigenvalue weighted by Gasteiger charge is 2.37. The van der Waals surface area contributed by atoms with Gasteiger partial charge in [-0.15, -0.1) is 0 Å². The Bertz CT molecular complexity index is 212. The predicted octanol–water partition coefficient (Wildman–Crippen LogP) is 1.48. The molecule has 3 nitrogen and oxygen atoms in total. The summed E-state index contributed by atoms with van der Waals surface area (Å²) in [7, 11) is 0. The van der Waals surface area contributed by atoms with Crippen molar-refractivity contribution < 1.29 is 4.74 Å². The minimum Gasteiger partial charge on any atom is -0.373 e. The normalized spacial score (nSPS) is 40.7.